The maximum atomic E-state index is 17.6. The fourth-order valence-electron chi connectivity index (χ4n) is 9.57. The second-order valence-electron chi connectivity index (χ2n) is 16.6. The zero-order valence-electron chi connectivity index (χ0n) is 30.1. The molecule has 52 heavy (non-hydrogen) atoms. The largest absolute Gasteiger partial charge is 0.508 e. The Kier molecular flexibility index (Phi) is 8.33. The minimum Gasteiger partial charge on any atom is -0.508 e. The highest BCUT2D eigenvalue weighted by molar-refractivity contribution is 6.05. The number of fused-ring (bicyclic) bond motifs is 4. The highest BCUT2D eigenvalue weighted by Gasteiger charge is 2.48. The minimum absolute atomic E-state index is 0.0286. The van der Waals surface area contributed by atoms with E-state index in [9.17, 15) is 5.11 Å². The number of phenols is 1. The van der Waals surface area contributed by atoms with Crippen molar-refractivity contribution in [2.75, 3.05) is 57.4 Å². The topological polar surface area (TPSA) is 83.0 Å². The quantitative estimate of drug-likeness (QED) is 0.187. The first-order valence-corrected chi connectivity index (χ1v) is 19.0. The van der Waals surface area contributed by atoms with E-state index >= 15 is 8.78 Å². The first kappa shape index (κ1) is 33.8. The molecular formula is C42H47F2N5O3. The van der Waals surface area contributed by atoms with Crippen molar-refractivity contribution in [1.82, 2.24) is 20.2 Å². The average molecular weight is 708 g/mol. The van der Waals surface area contributed by atoms with Gasteiger partial charge in [0.1, 0.15) is 22.9 Å². The lowest BCUT2D eigenvalue weighted by Gasteiger charge is -2.34. The van der Waals surface area contributed by atoms with Crippen LogP contribution in [0.2, 0.25) is 0 Å². The van der Waals surface area contributed by atoms with Crippen LogP contribution >= 0.6 is 0 Å². The summed E-state index contributed by atoms with van der Waals surface area (Å²) in [6.07, 6.45) is 13.7. The van der Waals surface area contributed by atoms with E-state index in [1.54, 1.807) is 6.07 Å². The van der Waals surface area contributed by atoms with Crippen molar-refractivity contribution in [3.05, 3.63) is 53.1 Å². The number of piperazine rings is 1. The minimum atomic E-state index is -0.575. The van der Waals surface area contributed by atoms with Gasteiger partial charge in [-0.1, -0.05) is 25.8 Å². The van der Waals surface area contributed by atoms with Gasteiger partial charge in [0.05, 0.1) is 12.2 Å². The number of likely N-dealkylation sites (tertiary alicyclic amines) is 1. The second kappa shape index (κ2) is 12.8. The molecule has 1 saturated carbocycles. The van der Waals surface area contributed by atoms with Crippen LogP contribution in [0.25, 0.3) is 32.8 Å². The zero-order chi connectivity index (χ0) is 35.8. The van der Waals surface area contributed by atoms with Gasteiger partial charge in [0, 0.05) is 73.2 Å². The number of halogens is 2. The van der Waals surface area contributed by atoms with Crippen LogP contribution in [0, 0.1) is 34.8 Å². The molecule has 272 valence electrons. The number of aromatic nitrogens is 2. The smallest absolute Gasteiger partial charge is 0.319 e. The van der Waals surface area contributed by atoms with E-state index in [-0.39, 0.29) is 39.7 Å². The highest BCUT2D eigenvalue weighted by Crippen LogP contribution is 2.50. The molecule has 2 bridgehead atoms. The summed E-state index contributed by atoms with van der Waals surface area (Å²) in [6, 6.07) is 8.67. The van der Waals surface area contributed by atoms with E-state index in [4.69, 9.17) is 25.9 Å². The monoisotopic (exact) mass is 707 g/mol. The van der Waals surface area contributed by atoms with Crippen LogP contribution < -0.4 is 15.0 Å². The number of hydrogen-bond donors (Lipinski definition) is 2. The third-order valence-corrected chi connectivity index (χ3v) is 12.6. The van der Waals surface area contributed by atoms with Gasteiger partial charge in [-0.2, -0.15) is 9.97 Å². The molecule has 0 radical (unpaired) electrons. The Bertz CT molecular complexity index is 2090. The molecule has 3 aromatic carbocycles. The lowest BCUT2D eigenvalue weighted by molar-refractivity contribution is 0.0179. The zero-order valence-corrected chi connectivity index (χ0v) is 30.1. The number of terminal acetylenes is 1. The lowest BCUT2D eigenvalue weighted by atomic mass is 9.80. The van der Waals surface area contributed by atoms with Crippen LogP contribution in [0.1, 0.15) is 75.8 Å². The molecule has 5 heterocycles. The van der Waals surface area contributed by atoms with Gasteiger partial charge < -0.3 is 29.7 Å². The number of rotatable bonds is 8. The predicted octanol–water partition coefficient (Wildman–Crippen LogP) is 7.14. The molecule has 4 saturated heterocycles. The Labute approximate surface area is 303 Å². The van der Waals surface area contributed by atoms with Crippen molar-refractivity contribution in [2.24, 2.45) is 10.8 Å². The Hall–Kier alpha value is -4.04. The van der Waals surface area contributed by atoms with Gasteiger partial charge in [0.25, 0.3) is 0 Å². The van der Waals surface area contributed by atoms with Crippen molar-refractivity contribution >= 4 is 27.5 Å². The maximum Gasteiger partial charge on any atom is 0.319 e. The first-order valence-electron chi connectivity index (χ1n) is 19.0. The van der Waals surface area contributed by atoms with Crippen LogP contribution in [0.3, 0.4) is 0 Å². The number of anilines is 1. The van der Waals surface area contributed by atoms with Crippen molar-refractivity contribution in [3.8, 4) is 35.2 Å². The van der Waals surface area contributed by atoms with E-state index in [1.165, 1.54) is 24.6 Å². The number of ether oxygens (including phenoxy) is 2. The van der Waals surface area contributed by atoms with Gasteiger partial charge in [-0.25, -0.2) is 8.78 Å². The molecule has 5 aliphatic rings. The Morgan fingerprint density at radius 2 is 1.83 bits per heavy atom. The summed E-state index contributed by atoms with van der Waals surface area (Å²) in [5, 5.41) is 16.1. The molecule has 0 amide bonds. The van der Waals surface area contributed by atoms with E-state index < -0.39 is 11.6 Å². The van der Waals surface area contributed by atoms with Gasteiger partial charge in [-0.15, -0.1) is 6.42 Å². The van der Waals surface area contributed by atoms with E-state index in [1.807, 2.05) is 19.9 Å². The molecule has 2 N–H and O–H groups in total. The third kappa shape index (κ3) is 5.95. The van der Waals surface area contributed by atoms with Crippen molar-refractivity contribution in [3.63, 3.8) is 0 Å². The number of nitrogens with one attached hydrogen (secondary N) is 1. The average Bonchev–Trinajstić information content (AvgIpc) is 3.68. The summed E-state index contributed by atoms with van der Waals surface area (Å²) < 4.78 is 44.9. The molecule has 2 atom stereocenters. The van der Waals surface area contributed by atoms with Crippen molar-refractivity contribution in [2.45, 2.75) is 76.8 Å². The molecule has 8 nitrogen and oxygen atoms in total. The Morgan fingerprint density at radius 3 is 2.54 bits per heavy atom. The molecule has 4 aliphatic heterocycles. The van der Waals surface area contributed by atoms with E-state index in [0.717, 1.165) is 84.5 Å². The van der Waals surface area contributed by atoms with Gasteiger partial charge in [0.15, 0.2) is 5.82 Å². The molecule has 1 aliphatic carbocycles. The number of benzene rings is 3. The summed E-state index contributed by atoms with van der Waals surface area (Å²) in [4.78, 5) is 14.7. The number of hydrogen-bond acceptors (Lipinski definition) is 8. The number of phenolic OH excluding ortho intramolecular Hbond substituents is 1. The maximum absolute atomic E-state index is 17.6. The van der Waals surface area contributed by atoms with Gasteiger partial charge in [0.2, 0.25) is 0 Å². The van der Waals surface area contributed by atoms with Crippen LogP contribution in [-0.4, -0.2) is 84.6 Å². The van der Waals surface area contributed by atoms with Crippen molar-refractivity contribution in [1.29, 1.82) is 0 Å². The van der Waals surface area contributed by atoms with Gasteiger partial charge >= 0.3 is 6.01 Å². The summed E-state index contributed by atoms with van der Waals surface area (Å²) in [6.45, 7) is 10.9. The number of nitrogens with zero attached hydrogens (tertiary/aromatic N) is 4. The first-order chi connectivity index (χ1) is 25.1. The van der Waals surface area contributed by atoms with Crippen LogP contribution in [0.15, 0.2) is 30.3 Å². The third-order valence-electron chi connectivity index (χ3n) is 12.6. The number of aromatic hydroxyl groups is 1. The molecule has 4 aromatic rings. The molecule has 10 heteroatoms. The lowest BCUT2D eigenvalue weighted by Crippen LogP contribution is -2.51. The fourth-order valence-corrected chi connectivity index (χ4v) is 9.57. The fraction of sp³-hybridized carbons (Fsp3) is 0.524. The highest BCUT2D eigenvalue weighted by atomic mass is 19.1. The molecule has 2 unspecified atom stereocenters. The molecular weight excluding hydrogens is 660 g/mol. The molecule has 9 rings (SSSR count). The second-order valence-corrected chi connectivity index (χ2v) is 16.6. The Morgan fingerprint density at radius 1 is 1.06 bits per heavy atom. The molecule has 1 aromatic heterocycles. The SMILES string of the molecule is C#Cc1c(F)ccc2cc(O)cc(-c3c(C(C)C)cc4c(N5CC6CCC(C5)N6)nc(OCC5(CN6CCC7(CCOCC7)C6)CC5)nc4c3F)c12. The molecule has 5 fully saturated rings. The molecule has 1 spiro atoms. The van der Waals surface area contributed by atoms with E-state index in [2.05, 4.69) is 21.0 Å². The van der Waals surface area contributed by atoms with Crippen LogP contribution in [-0.2, 0) is 4.74 Å². The summed E-state index contributed by atoms with van der Waals surface area (Å²) >= 11 is 0. The predicted molar refractivity (Wildman–Crippen MR) is 199 cm³/mol. The standard InChI is InChI=1S/C42H47F2N5O3/c1-4-30-34(43)8-5-26-17-29(50)18-32(35(26)30)36-31(25(2)3)19-33-38(37(36)44)46-40(47-39(33)49-20-27-6-7-28(21-49)45-27)52-24-42(9-10-42)23-48-14-11-41(22-48)12-15-51-16-13-41/h1,5,8,17-19,25,27-28,45,50H,6-7,9-16,20-24H2,2-3H3. The normalized spacial score (nSPS) is 23.6. The summed E-state index contributed by atoms with van der Waals surface area (Å²) in [5.74, 6) is 1.83. The van der Waals surface area contributed by atoms with Gasteiger partial charge in [-0.3, -0.25) is 0 Å². The van der Waals surface area contributed by atoms with Gasteiger partial charge in [-0.05, 0) is 104 Å². The van der Waals surface area contributed by atoms with Crippen LogP contribution in [0.4, 0.5) is 14.6 Å². The Balaban J connectivity index is 1.13. The summed E-state index contributed by atoms with van der Waals surface area (Å²) in [7, 11) is 0. The summed E-state index contributed by atoms with van der Waals surface area (Å²) in [5.41, 5.74) is 1.86. The van der Waals surface area contributed by atoms with Crippen LogP contribution in [0.5, 0.6) is 11.8 Å². The van der Waals surface area contributed by atoms with E-state index in [0.29, 0.717) is 57.2 Å². The van der Waals surface area contributed by atoms with Crippen molar-refractivity contribution < 1.29 is 23.4 Å².